The summed E-state index contributed by atoms with van der Waals surface area (Å²) in [6.07, 6.45) is 0.969. The van der Waals surface area contributed by atoms with Crippen LogP contribution in [-0.2, 0) is 13.1 Å². The van der Waals surface area contributed by atoms with Gasteiger partial charge in [0.2, 0.25) is 0 Å². The molecule has 4 heteroatoms. The summed E-state index contributed by atoms with van der Waals surface area (Å²) in [6.45, 7) is 3.36. The molecule has 0 aliphatic rings. The second-order valence-electron chi connectivity index (χ2n) is 6.76. The van der Waals surface area contributed by atoms with E-state index in [9.17, 15) is 0 Å². The Labute approximate surface area is 167 Å². The monoisotopic (exact) mass is 376 g/mol. The number of hydrogen-bond acceptors (Lipinski definition) is 4. The minimum atomic E-state index is 0.691. The van der Waals surface area contributed by atoms with Gasteiger partial charge in [0.1, 0.15) is 17.2 Å². The van der Waals surface area contributed by atoms with Gasteiger partial charge in [0.25, 0.3) is 0 Å². The Morgan fingerprint density at radius 3 is 2.18 bits per heavy atom. The van der Waals surface area contributed by atoms with Crippen LogP contribution in [0.2, 0.25) is 0 Å². The minimum Gasteiger partial charge on any atom is -0.497 e. The summed E-state index contributed by atoms with van der Waals surface area (Å²) in [5.74, 6) is 2.58. The van der Waals surface area contributed by atoms with E-state index >= 15 is 0 Å². The maximum atomic E-state index is 5.97. The molecule has 0 aromatic heterocycles. The van der Waals surface area contributed by atoms with E-state index in [-0.39, 0.29) is 0 Å². The molecular weight excluding hydrogens is 348 g/mol. The third-order valence-electron chi connectivity index (χ3n) is 4.53. The van der Waals surface area contributed by atoms with E-state index in [1.807, 2.05) is 54.6 Å². The Hall–Kier alpha value is -2.82. The highest BCUT2D eigenvalue weighted by atomic mass is 16.5. The van der Waals surface area contributed by atoms with Crippen molar-refractivity contribution in [3.05, 3.63) is 90.0 Å². The smallest absolute Gasteiger partial charge is 0.127 e. The molecule has 0 aliphatic carbocycles. The molecule has 0 atom stereocenters. The Balaban J connectivity index is 1.68. The van der Waals surface area contributed by atoms with Crippen LogP contribution in [0.1, 0.15) is 17.5 Å². The molecule has 0 saturated heterocycles. The van der Waals surface area contributed by atoms with Crippen LogP contribution in [0.5, 0.6) is 17.2 Å². The van der Waals surface area contributed by atoms with Gasteiger partial charge in [-0.2, -0.15) is 0 Å². The normalized spacial score (nSPS) is 10.8. The predicted octanol–water partition coefficient (Wildman–Crippen LogP) is 4.84. The molecule has 0 saturated carbocycles. The van der Waals surface area contributed by atoms with E-state index in [2.05, 4.69) is 29.2 Å². The fourth-order valence-electron chi connectivity index (χ4n) is 3.11. The minimum absolute atomic E-state index is 0.691. The van der Waals surface area contributed by atoms with Crippen molar-refractivity contribution in [2.45, 2.75) is 19.5 Å². The van der Waals surface area contributed by atoms with Gasteiger partial charge in [-0.25, -0.2) is 0 Å². The van der Waals surface area contributed by atoms with Gasteiger partial charge in [-0.1, -0.05) is 42.5 Å². The largest absolute Gasteiger partial charge is 0.497 e. The number of benzene rings is 3. The Bertz CT molecular complexity index is 835. The highest BCUT2D eigenvalue weighted by Gasteiger charge is 2.08. The predicted molar refractivity (Wildman–Crippen MR) is 114 cm³/mol. The molecule has 3 aromatic rings. The summed E-state index contributed by atoms with van der Waals surface area (Å²) in [5, 5.41) is 0. The van der Waals surface area contributed by atoms with Gasteiger partial charge in [0, 0.05) is 19.6 Å². The average molecular weight is 377 g/mol. The molecule has 3 aromatic carbocycles. The molecule has 28 heavy (non-hydrogen) atoms. The Morgan fingerprint density at radius 1 is 0.750 bits per heavy atom. The lowest BCUT2D eigenvalue weighted by Crippen LogP contribution is -2.25. The van der Waals surface area contributed by atoms with Gasteiger partial charge in [0.05, 0.1) is 7.11 Å². The number of ether oxygens (including phenoxy) is 2. The first-order valence-electron chi connectivity index (χ1n) is 9.64. The molecule has 0 aliphatic heterocycles. The van der Waals surface area contributed by atoms with Crippen LogP contribution >= 0.6 is 0 Å². The molecule has 4 nitrogen and oxygen atoms in total. The third-order valence-corrected chi connectivity index (χ3v) is 4.53. The molecular formula is C24H28N2O2. The summed E-state index contributed by atoms with van der Waals surface area (Å²) in [5.41, 5.74) is 8.23. The lowest BCUT2D eigenvalue weighted by Gasteiger charge is -2.23. The van der Waals surface area contributed by atoms with Crippen LogP contribution in [-0.4, -0.2) is 25.1 Å². The molecule has 3 rings (SSSR count). The van der Waals surface area contributed by atoms with Gasteiger partial charge >= 0.3 is 0 Å². The van der Waals surface area contributed by atoms with Gasteiger partial charge in [-0.3, -0.25) is 4.90 Å². The van der Waals surface area contributed by atoms with Crippen LogP contribution in [0.15, 0.2) is 78.9 Å². The highest BCUT2D eigenvalue weighted by molar-refractivity contribution is 5.34. The first-order chi connectivity index (χ1) is 13.8. The summed E-state index contributed by atoms with van der Waals surface area (Å²) in [7, 11) is 1.69. The topological polar surface area (TPSA) is 47.7 Å². The summed E-state index contributed by atoms with van der Waals surface area (Å²) < 4.78 is 11.2. The molecule has 0 radical (unpaired) electrons. The zero-order valence-corrected chi connectivity index (χ0v) is 16.4. The van der Waals surface area contributed by atoms with Crippen molar-refractivity contribution in [3.8, 4) is 17.2 Å². The van der Waals surface area contributed by atoms with E-state index in [1.165, 1.54) is 11.1 Å². The Kier molecular flexibility index (Phi) is 7.47. The third kappa shape index (κ3) is 6.12. The number of para-hydroxylation sites is 1. The summed E-state index contributed by atoms with van der Waals surface area (Å²) >= 11 is 0. The number of nitrogens with zero attached hydrogens (tertiary/aromatic N) is 1. The fourth-order valence-corrected chi connectivity index (χ4v) is 3.11. The van der Waals surface area contributed by atoms with Crippen molar-refractivity contribution in [2.75, 3.05) is 20.2 Å². The lowest BCUT2D eigenvalue weighted by atomic mass is 10.1. The number of nitrogens with two attached hydrogens (primary N) is 1. The van der Waals surface area contributed by atoms with Crippen molar-refractivity contribution < 1.29 is 9.47 Å². The summed E-state index contributed by atoms with van der Waals surface area (Å²) in [4.78, 5) is 2.41. The molecule has 2 N–H and O–H groups in total. The Morgan fingerprint density at radius 2 is 1.46 bits per heavy atom. The second kappa shape index (κ2) is 10.5. The second-order valence-corrected chi connectivity index (χ2v) is 6.76. The van der Waals surface area contributed by atoms with Crippen LogP contribution in [0.25, 0.3) is 0 Å². The SMILES string of the molecule is COc1ccc(CN(CCCN)Cc2cccc(Oc3ccccc3)c2)cc1. The molecule has 0 unspecified atom stereocenters. The first kappa shape index (κ1) is 19.9. The summed E-state index contributed by atoms with van der Waals surface area (Å²) in [6, 6.07) is 26.4. The number of rotatable bonds is 10. The van der Waals surface area contributed by atoms with E-state index in [0.717, 1.165) is 43.3 Å². The van der Waals surface area contributed by atoms with Crippen LogP contribution in [0, 0.1) is 0 Å². The van der Waals surface area contributed by atoms with Gasteiger partial charge in [-0.15, -0.1) is 0 Å². The maximum absolute atomic E-state index is 5.97. The fraction of sp³-hybridized carbons (Fsp3) is 0.250. The molecule has 0 spiro atoms. The van der Waals surface area contributed by atoms with Crippen LogP contribution in [0.3, 0.4) is 0 Å². The van der Waals surface area contributed by atoms with Crippen molar-refractivity contribution in [1.82, 2.24) is 4.90 Å². The van der Waals surface area contributed by atoms with Crippen molar-refractivity contribution in [2.24, 2.45) is 5.73 Å². The maximum Gasteiger partial charge on any atom is 0.127 e. The lowest BCUT2D eigenvalue weighted by molar-refractivity contribution is 0.254. The zero-order chi connectivity index (χ0) is 19.6. The first-order valence-corrected chi connectivity index (χ1v) is 9.64. The highest BCUT2D eigenvalue weighted by Crippen LogP contribution is 2.23. The standard InChI is InChI=1S/C24H28N2O2/c1-27-22-13-11-20(12-14-22)18-26(16-6-15-25)19-21-7-5-10-24(17-21)28-23-8-3-2-4-9-23/h2-5,7-14,17H,6,15-16,18-19,25H2,1H3. The van der Waals surface area contributed by atoms with E-state index < -0.39 is 0 Å². The average Bonchev–Trinajstić information content (AvgIpc) is 2.73. The van der Waals surface area contributed by atoms with Crippen molar-refractivity contribution in [1.29, 1.82) is 0 Å². The molecule has 0 amide bonds. The van der Waals surface area contributed by atoms with E-state index in [1.54, 1.807) is 7.11 Å². The van der Waals surface area contributed by atoms with Gasteiger partial charge in [-0.05, 0) is 60.5 Å². The number of methoxy groups -OCH3 is 1. The molecule has 0 bridgehead atoms. The quantitative estimate of drug-likeness (QED) is 0.550. The van der Waals surface area contributed by atoms with Crippen molar-refractivity contribution >= 4 is 0 Å². The van der Waals surface area contributed by atoms with Crippen molar-refractivity contribution in [3.63, 3.8) is 0 Å². The molecule has 0 fully saturated rings. The van der Waals surface area contributed by atoms with E-state index in [0.29, 0.717) is 6.54 Å². The van der Waals surface area contributed by atoms with Gasteiger partial charge in [0.15, 0.2) is 0 Å². The molecule has 146 valence electrons. The molecule has 0 heterocycles. The van der Waals surface area contributed by atoms with Crippen LogP contribution < -0.4 is 15.2 Å². The zero-order valence-electron chi connectivity index (χ0n) is 16.4. The van der Waals surface area contributed by atoms with Gasteiger partial charge < -0.3 is 15.2 Å². The number of hydrogen-bond donors (Lipinski definition) is 1. The van der Waals surface area contributed by atoms with Crippen LogP contribution in [0.4, 0.5) is 0 Å². The van der Waals surface area contributed by atoms with E-state index in [4.69, 9.17) is 15.2 Å².